The Labute approximate surface area is 113 Å². The normalized spacial score (nSPS) is 12.1. The van der Waals surface area contributed by atoms with Crippen molar-refractivity contribution in [2.24, 2.45) is 5.92 Å². The largest absolute Gasteiger partial charge is 0.326 e. The summed E-state index contributed by atoms with van der Waals surface area (Å²) in [4.78, 5) is 15.8. The van der Waals surface area contributed by atoms with Crippen LogP contribution in [0.3, 0.4) is 0 Å². The number of carbonyl (C=O) groups excluding carboxylic acids is 1. The molecule has 0 spiro atoms. The minimum absolute atomic E-state index is 0.0344. The Morgan fingerprint density at radius 3 is 2.78 bits per heavy atom. The third-order valence-corrected chi connectivity index (χ3v) is 3.02. The quantitative estimate of drug-likeness (QED) is 0.943. The third kappa shape index (κ3) is 3.40. The van der Waals surface area contributed by atoms with E-state index in [-0.39, 0.29) is 11.8 Å². The molecular weight excluding hydrogens is 296 g/mol. The molecule has 1 heterocycles. The number of anilines is 1. The molecule has 1 aromatic heterocycles. The van der Waals surface area contributed by atoms with Gasteiger partial charge in [-0.15, -0.1) is 0 Å². The standard InChI is InChI=1S/C12H13BrN4O/c1-9(6-17-8-14-7-15-17)12(18)16-11-4-2-10(13)3-5-11/h2-5,7-9H,6H2,1H3,(H,16,18). The highest BCUT2D eigenvalue weighted by Gasteiger charge is 2.13. The molecule has 1 atom stereocenters. The first kappa shape index (κ1) is 12.8. The molecule has 0 aliphatic heterocycles. The fourth-order valence-corrected chi connectivity index (χ4v) is 1.75. The van der Waals surface area contributed by atoms with Crippen LogP contribution in [0.4, 0.5) is 5.69 Å². The van der Waals surface area contributed by atoms with Crippen LogP contribution in [0.5, 0.6) is 0 Å². The Balaban J connectivity index is 1.93. The minimum Gasteiger partial charge on any atom is -0.326 e. The van der Waals surface area contributed by atoms with Crippen LogP contribution in [0.2, 0.25) is 0 Å². The molecule has 1 aromatic carbocycles. The van der Waals surface area contributed by atoms with Crippen LogP contribution < -0.4 is 5.32 Å². The fraction of sp³-hybridized carbons (Fsp3) is 0.250. The van der Waals surface area contributed by atoms with Gasteiger partial charge in [-0.25, -0.2) is 4.98 Å². The molecule has 0 saturated heterocycles. The van der Waals surface area contributed by atoms with E-state index in [0.717, 1.165) is 10.2 Å². The first-order chi connectivity index (χ1) is 8.65. The zero-order valence-corrected chi connectivity index (χ0v) is 11.5. The molecule has 1 unspecified atom stereocenters. The van der Waals surface area contributed by atoms with Gasteiger partial charge in [-0.2, -0.15) is 5.10 Å². The van der Waals surface area contributed by atoms with Crippen LogP contribution in [0.15, 0.2) is 41.4 Å². The summed E-state index contributed by atoms with van der Waals surface area (Å²) in [6.45, 7) is 2.37. The Hall–Kier alpha value is -1.69. The number of benzene rings is 1. The Bertz CT molecular complexity index is 509. The molecule has 0 bridgehead atoms. The molecule has 0 aliphatic rings. The Kier molecular flexibility index (Phi) is 4.09. The van der Waals surface area contributed by atoms with E-state index < -0.39 is 0 Å². The van der Waals surface area contributed by atoms with Gasteiger partial charge in [0.25, 0.3) is 0 Å². The van der Waals surface area contributed by atoms with E-state index in [0.29, 0.717) is 6.54 Å². The molecule has 0 radical (unpaired) electrons. The van der Waals surface area contributed by atoms with Crippen molar-refractivity contribution in [2.45, 2.75) is 13.5 Å². The first-order valence-electron chi connectivity index (χ1n) is 5.54. The maximum absolute atomic E-state index is 11.9. The third-order valence-electron chi connectivity index (χ3n) is 2.49. The second-order valence-electron chi connectivity index (χ2n) is 4.01. The van der Waals surface area contributed by atoms with Gasteiger partial charge in [0.1, 0.15) is 12.7 Å². The predicted molar refractivity (Wildman–Crippen MR) is 72.0 cm³/mol. The summed E-state index contributed by atoms with van der Waals surface area (Å²) in [6.07, 6.45) is 3.06. The Morgan fingerprint density at radius 2 is 2.17 bits per heavy atom. The smallest absolute Gasteiger partial charge is 0.229 e. The topological polar surface area (TPSA) is 59.8 Å². The van der Waals surface area contributed by atoms with E-state index in [9.17, 15) is 4.79 Å². The van der Waals surface area contributed by atoms with E-state index in [4.69, 9.17) is 0 Å². The summed E-state index contributed by atoms with van der Waals surface area (Å²) in [6, 6.07) is 7.48. The number of hydrogen-bond donors (Lipinski definition) is 1. The lowest BCUT2D eigenvalue weighted by molar-refractivity contribution is -0.119. The van der Waals surface area contributed by atoms with Gasteiger partial charge < -0.3 is 5.32 Å². The van der Waals surface area contributed by atoms with E-state index in [1.807, 2.05) is 31.2 Å². The van der Waals surface area contributed by atoms with Crippen LogP contribution in [0, 0.1) is 5.92 Å². The highest BCUT2D eigenvalue weighted by Crippen LogP contribution is 2.15. The van der Waals surface area contributed by atoms with Crippen molar-refractivity contribution in [2.75, 3.05) is 5.32 Å². The zero-order chi connectivity index (χ0) is 13.0. The van der Waals surface area contributed by atoms with Gasteiger partial charge in [0.15, 0.2) is 0 Å². The molecule has 18 heavy (non-hydrogen) atoms. The molecule has 5 nitrogen and oxygen atoms in total. The summed E-state index contributed by atoms with van der Waals surface area (Å²) in [5, 5.41) is 6.84. The molecular formula is C12H13BrN4O. The average Bonchev–Trinajstić information content (AvgIpc) is 2.85. The van der Waals surface area contributed by atoms with Crippen molar-refractivity contribution < 1.29 is 4.79 Å². The van der Waals surface area contributed by atoms with Crippen LogP contribution in [0.25, 0.3) is 0 Å². The number of nitrogens with one attached hydrogen (secondary N) is 1. The van der Waals surface area contributed by atoms with Crippen LogP contribution in [-0.2, 0) is 11.3 Å². The maximum Gasteiger partial charge on any atom is 0.229 e. The maximum atomic E-state index is 11.9. The molecule has 2 aromatic rings. The van der Waals surface area contributed by atoms with E-state index in [1.165, 1.54) is 6.33 Å². The lowest BCUT2D eigenvalue weighted by Crippen LogP contribution is -2.24. The second-order valence-corrected chi connectivity index (χ2v) is 4.93. The number of nitrogens with zero attached hydrogens (tertiary/aromatic N) is 3. The molecule has 0 aliphatic carbocycles. The Morgan fingerprint density at radius 1 is 1.44 bits per heavy atom. The fourth-order valence-electron chi connectivity index (χ4n) is 1.49. The number of halogens is 1. The molecule has 1 N–H and O–H groups in total. The van der Waals surface area contributed by atoms with Gasteiger partial charge in [-0.3, -0.25) is 9.48 Å². The van der Waals surface area contributed by atoms with Gasteiger partial charge in [-0.05, 0) is 24.3 Å². The van der Waals surface area contributed by atoms with Crippen molar-refractivity contribution in [3.63, 3.8) is 0 Å². The summed E-state index contributed by atoms with van der Waals surface area (Å²) in [5.74, 6) is -0.205. The van der Waals surface area contributed by atoms with Crippen molar-refractivity contribution in [3.8, 4) is 0 Å². The van der Waals surface area contributed by atoms with E-state index in [1.54, 1.807) is 11.0 Å². The van der Waals surface area contributed by atoms with Gasteiger partial charge in [0.05, 0.1) is 12.5 Å². The molecule has 0 fully saturated rings. The van der Waals surface area contributed by atoms with Crippen LogP contribution in [0.1, 0.15) is 6.92 Å². The zero-order valence-electron chi connectivity index (χ0n) is 9.88. The highest BCUT2D eigenvalue weighted by molar-refractivity contribution is 9.10. The van der Waals surface area contributed by atoms with Gasteiger partial charge in [0.2, 0.25) is 5.91 Å². The summed E-state index contributed by atoms with van der Waals surface area (Å²) < 4.78 is 2.63. The summed E-state index contributed by atoms with van der Waals surface area (Å²) >= 11 is 3.35. The number of aromatic nitrogens is 3. The SMILES string of the molecule is CC(Cn1cncn1)C(=O)Nc1ccc(Br)cc1. The molecule has 1 amide bonds. The molecule has 6 heteroatoms. The van der Waals surface area contributed by atoms with Crippen molar-refractivity contribution >= 4 is 27.5 Å². The monoisotopic (exact) mass is 308 g/mol. The number of carbonyl (C=O) groups is 1. The summed E-state index contributed by atoms with van der Waals surface area (Å²) in [5.41, 5.74) is 0.786. The molecule has 2 rings (SSSR count). The van der Waals surface area contributed by atoms with E-state index >= 15 is 0 Å². The average molecular weight is 309 g/mol. The first-order valence-corrected chi connectivity index (χ1v) is 6.33. The van der Waals surface area contributed by atoms with Gasteiger partial charge in [0, 0.05) is 10.2 Å². The number of hydrogen-bond acceptors (Lipinski definition) is 3. The number of rotatable bonds is 4. The number of amides is 1. The van der Waals surface area contributed by atoms with Gasteiger partial charge >= 0.3 is 0 Å². The molecule has 94 valence electrons. The van der Waals surface area contributed by atoms with Gasteiger partial charge in [-0.1, -0.05) is 22.9 Å². The lowest BCUT2D eigenvalue weighted by Gasteiger charge is -2.11. The second kappa shape index (κ2) is 5.77. The lowest BCUT2D eigenvalue weighted by atomic mass is 10.1. The van der Waals surface area contributed by atoms with Crippen LogP contribution in [-0.4, -0.2) is 20.7 Å². The predicted octanol–water partition coefficient (Wildman–Crippen LogP) is 2.32. The van der Waals surface area contributed by atoms with Crippen LogP contribution >= 0.6 is 15.9 Å². The van der Waals surface area contributed by atoms with Crippen molar-refractivity contribution in [1.82, 2.24) is 14.8 Å². The molecule has 0 saturated carbocycles. The van der Waals surface area contributed by atoms with Crippen molar-refractivity contribution in [3.05, 3.63) is 41.4 Å². The van der Waals surface area contributed by atoms with Crippen molar-refractivity contribution in [1.29, 1.82) is 0 Å². The minimum atomic E-state index is -0.171. The summed E-state index contributed by atoms with van der Waals surface area (Å²) in [7, 11) is 0. The highest BCUT2D eigenvalue weighted by atomic mass is 79.9. The van der Waals surface area contributed by atoms with E-state index in [2.05, 4.69) is 31.3 Å².